The maximum atomic E-state index is 10.8. The lowest BCUT2D eigenvalue weighted by atomic mass is 10.2. The van der Waals surface area contributed by atoms with Crippen LogP contribution in [0.2, 0.25) is 0 Å². The molecule has 0 bridgehead atoms. The van der Waals surface area contributed by atoms with Gasteiger partial charge in [-0.15, -0.1) is 0 Å². The Labute approximate surface area is 90.3 Å². The van der Waals surface area contributed by atoms with Crippen molar-refractivity contribution in [2.75, 3.05) is 13.1 Å². The Hall–Kier alpha value is -1.06. The van der Waals surface area contributed by atoms with Crippen molar-refractivity contribution < 1.29 is 9.53 Å². The molecule has 0 radical (unpaired) electrons. The van der Waals surface area contributed by atoms with Gasteiger partial charge in [0, 0.05) is 32.9 Å². The van der Waals surface area contributed by atoms with E-state index < -0.39 is 0 Å². The zero-order valence-corrected chi connectivity index (χ0v) is 9.24. The number of hydrogen-bond donors (Lipinski definition) is 0. The molecule has 4 heteroatoms. The van der Waals surface area contributed by atoms with Crippen molar-refractivity contribution >= 4 is 11.8 Å². The van der Waals surface area contributed by atoms with Crippen molar-refractivity contribution in [2.24, 2.45) is 4.99 Å². The van der Waals surface area contributed by atoms with Crippen LogP contribution >= 0.6 is 0 Å². The summed E-state index contributed by atoms with van der Waals surface area (Å²) >= 11 is 0. The van der Waals surface area contributed by atoms with Crippen molar-refractivity contribution in [1.29, 1.82) is 0 Å². The highest BCUT2D eigenvalue weighted by molar-refractivity contribution is 5.83. The molecule has 0 aromatic heterocycles. The first-order chi connectivity index (χ1) is 7.25. The molecule has 84 valence electrons. The maximum Gasteiger partial charge on any atom is 0.304 e. The van der Waals surface area contributed by atoms with Crippen LogP contribution in [-0.2, 0) is 9.53 Å². The van der Waals surface area contributed by atoms with Gasteiger partial charge in [-0.1, -0.05) is 6.42 Å². The van der Waals surface area contributed by atoms with Crippen LogP contribution in [0, 0.1) is 0 Å². The molecule has 1 saturated heterocycles. The highest BCUT2D eigenvalue weighted by Crippen LogP contribution is 2.19. The molecule has 2 aliphatic rings. The predicted molar refractivity (Wildman–Crippen MR) is 57.6 cm³/mol. The highest BCUT2D eigenvalue weighted by Gasteiger charge is 2.23. The van der Waals surface area contributed by atoms with Crippen LogP contribution < -0.4 is 0 Å². The van der Waals surface area contributed by atoms with Crippen molar-refractivity contribution in [3.8, 4) is 0 Å². The van der Waals surface area contributed by atoms with E-state index in [9.17, 15) is 4.79 Å². The van der Waals surface area contributed by atoms with E-state index in [4.69, 9.17) is 4.74 Å². The maximum absolute atomic E-state index is 10.8. The first-order valence-electron chi connectivity index (χ1n) is 5.74. The molecular formula is C11H18N2O2. The lowest BCUT2D eigenvalue weighted by Gasteiger charge is -2.31. The summed E-state index contributed by atoms with van der Waals surface area (Å²) in [6.07, 6.45) is 5.40. The Kier molecular flexibility index (Phi) is 3.23. The second-order valence-corrected chi connectivity index (χ2v) is 4.20. The number of amidine groups is 1. The van der Waals surface area contributed by atoms with Crippen molar-refractivity contribution in [1.82, 2.24) is 4.90 Å². The number of carbonyl (C=O) groups is 1. The molecule has 1 atom stereocenters. The van der Waals surface area contributed by atoms with Crippen LogP contribution in [0.1, 0.15) is 39.0 Å². The molecule has 0 aromatic rings. The Bertz CT molecular complexity index is 276. The smallest absolute Gasteiger partial charge is 0.304 e. The Morgan fingerprint density at radius 3 is 3.07 bits per heavy atom. The van der Waals surface area contributed by atoms with Gasteiger partial charge in [-0.3, -0.25) is 4.79 Å². The minimum Gasteiger partial charge on any atom is -0.440 e. The SMILES string of the molecule is CC(=O)OC1CCN2CCCCCC2=N1. The number of esters is 1. The molecule has 1 fully saturated rings. The zero-order valence-electron chi connectivity index (χ0n) is 9.24. The number of carbonyl (C=O) groups excluding carboxylic acids is 1. The van der Waals surface area contributed by atoms with Gasteiger partial charge in [-0.05, 0) is 12.8 Å². The van der Waals surface area contributed by atoms with Crippen LogP contribution in [-0.4, -0.2) is 36.0 Å². The Balaban J connectivity index is 2.02. The molecule has 4 nitrogen and oxygen atoms in total. The lowest BCUT2D eigenvalue weighted by molar-refractivity contribution is -0.146. The van der Waals surface area contributed by atoms with E-state index in [1.807, 2.05) is 0 Å². The number of fused-ring (bicyclic) bond motifs is 1. The van der Waals surface area contributed by atoms with E-state index in [1.165, 1.54) is 26.2 Å². The molecule has 0 aromatic carbocycles. The number of hydrogen-bond acceptors (Lipinski definition) is 4. The van der Waals surface area contributed by atoms with Crippen LogP contribution in [0.15, 0.2) is 4.99 Å². The molecule has 0 spiro atoms. The zero-order chi connectivity index (χ0) is 10.7. The summed E-state index contributed by atoms with van der Waals surface area (Å²) in [7, 11) is 0. The summed E-state index contributed by atoms with van der Waals surface area (Å²) in [5.74, 6) is 0.913. The molecule has 15 heavy (non-hydrogen) atoms. The molecule has 2 heterocycles. The van der Waals surface area contributed by atoms with Gasteiger partial charge in [-0.25, -0.2) is 4.99 Å². The van der Waals surface area contributed by atoms with Crippen LogP contribution in [0.25, 0.3) is 0 Å². The minimum atomic E-state index is -0.230. The minimum absolute atomic E-state index is 0.230. The molecular weight excluding hydrogens is 192 g/mol. The first kappa shape index (κ1) is 10.5. The van der Waals surface area contributed by atoms with Crippen LogP contribution in [0.4, 0.5) is 0 Å². The number of nitrogens with zero attached hydrogens (tertiary/aromatic N) is 2. The average molecular weight is 210 g/mol. The molecule has 0 saturated carbocycles. The van der Waals surface area contributed by atoms with Crippen molar-refractivity contribution in [3.05, 3.63) is 0 Å². The third-order valence-corrected chi connectivity index (χ3v) is 2.93. The molecule has 2 aliphatic heterocycles. The normalized spacial score (nSPS) is 26.3. The van der Waals surface area contributed by atoms with Gasteiger partial charge in [0.05, 0.1) is 0 Å². The van der Waals surface area contributed by atoms with Gasteiger partial charge in [0.15, 0.2) is 6.23 Å². The van der Waals surface area contributed by atoms with E-state index >= 15 is 0 Å². The predicted octanol–water partition coefficient (Wildman–Crippen LogP) is 1.55. The molecule has 2 rings (SSSR count). The fraction of sp³-hybridized carbons (Fsp3) is 0.818. The van der Waals surface area contributed by atoms with E-state index in [0.717, 1.165) is 31.8 Å². The van der Waals surface area contributed by atoms with Gasteiger partial charge in [0.2, 0.25) is 0 Å². The average Bonchev–Trinajstić information content (AvgIpc) is 2.41. The summed E-state index contributed by atoms with van der Waals surface area (Å²) < 4.78 is 5.13. The largest absolute Gasteiger partial charge is 0.440 e. The first-order valence-corrected chi connectivity index (χ1v) is 5.74. The summed E-state index contributed by atoms with van der Waals surface area (Å²) in [6, 6.07) is 0. The monoisotopic (exact) mass is 210 g/mol. The van der Waals surface area contributed by atoms with Crippen molar-refractivity contribution in [3.63, 3.8) is 0 Å². The fourth-order valence-corrected chi connectivity index (χ4v) is 2.21. The molecule has 0 aliphatic carbocycles. The van der Waals surface area contributed by atoms with E-state index in [2.05, 4.69) is 9.89 Å². The highest BCUT2D eigenvalue weighted by atomic mass is 16.6. The summed E-state index contributed by atoms with van der Waals surface area (Å²) in [5, 5.41) is 0. The number of rotatable bonds is 1. The van der Waals surface area contributed by atoms with Gasteiger partial charge in [0.25, 0.3) is 0 Å². The van der Waals surface area contributed by atoms with Gasteiger partial charge < -0.3 is 9.64 Å². The fourth-order valence-electron chi connectivity index (χ4n) is 2.21. The van der Waals surface area contributed by atoms with E-state index in [0.29, 0.717) is 0 Å². The van der Waals surface area contributed by atoms with Gasteiger partial charge in [0.1, 0.15) is 5.84 Å². The Morgan fingerprint density at radius 2 is 2.27 bits per heavy atom. The topological polar surface area (TPSA) is 41.9 Å². The third-order valence-electron chi connectivity index (χ3n) is 2.93. The van der Waals surface area contributed by atoms with E-state index in [1.54, 1.807) is 0 Å². The van der Waals surface area contributed by atoms with Crippen LogP contribution in [0.3, 0.4) is 0 Å². The number of ether oxygens (including phenoxy) is 1. The van der Waals surface area contributed by atoms with Gasteiger partial charge in [-0.2, -0.15) is 0 Å². The quantitative estimate of drug-likeness (QED) is 0.617. The van der Waals surface area contributed by atoms with Crippen molar-refractivity contribution in [2.45, 2.75) is 45.3 Å². The molecule has 0 amide bonds. The number of aliphatic imine (C=N–C) groups is 1. The summed E-state index contributed by atoms with van der Waals surface area (Å²) in [5.41, 5.74) is 0. The Morgan fingerprint density at radius 1 is 1.40 bits per heavy atom. The van der Waals surface area contributed by atoms with E-state index in [-0.39, 0.29) is 12.2 Å². The third kappa shape index (κ3) is 2.70. The molecule has 0 N–H and O–H groups in total. The second-order valence-electron chi connectivity index (χ2n) is 4.20. The molecule has 1 unspecified atom stereocenters. The lowest BCUT2D eigenvalue weighted by Crippen LogP contribution is -2.39. The standard InChI is InChI=1S/C11H18N2O2/c1-9(14)15-11-6-8-13-7-4-2-3-5-10(13)12-11/h11H,2-8H2,1H3. The van der Waals surface area contributed by atoms with Gasteiger partial charge >= 0.3 is 5.97 Å². The summed E-state index contributed by atoms with van der Waals surface area (Å²) in [6.45, 7) is 3.54. The summed E-state index contributed by atoms with van der Waals surface area (Å²) in [4.78, 5) is 17.7. The second kappa shape index (κ2) is 4.64. The van der Waals surface area contributed by atoms with Crippen LogP contribution in [0.5, 0.6) is 0 Å².